The maximum absolute atomic E-state index is 12.4. The van der Waals surface area contributed by atoms with E-state index in [1.54, 1.807) is 18.2 Å². The van der Waals surface area contributed by atoms with Crippen molar-refractivity contribution in [1.29, 1.82) is 0 Å². The van der Waals surface area contributed by atoms with Crippen LogP contribution in [0.1, 0.15) is 52.5 Å². The topological polar surface area (TPSA) is 66.5 Å². The fourth-order valence-corrected chi connectivity index (χ4v) is 3.29. The fraction of sp³-hybridized carbons (Fsp3) is 0.250. The molecule has 0 aliphatic carbocycles. The monoisotopic (exact) mass is 370 g/mol. The minimum atomic E-state index is -0.453. The van der Waals surface area contributed by atoms with Gasteiger partial charge in [-0.1, -0.05) is 49.7 Å². The van der Waals surface area contributed by atoms with Gasteiger partial charge < -0.3 is 5.32 Å². The minimum absolute atomic E-state index is 0.0123. The van der Waals surface area contributed by atoms with Crippen molar-refractivity contribution in [3.8, 4) is 0 Å². The number of halogens is 1. The van der Waals surface area contributed by atoms with Gasteiger partial charge in [-0.2, -0.15) is 0 Å². The Morgan fingerprint density at radius 2 is 1.81 bits per heavy atom. The Morgan fingerprint density at radius 3 is 2.50 bits per heavy atom. The molecule has 0 radical (unpaired) electrons. The van der Waals surface area contributed by atoms with E-state index in [1.165, 1.54) is 0 Å². The Bertz CT molecular complexity index is 892. The first-order valence-corrected chi connectivity index (χ1v) is 8.81. The van der Waals surface area contributed by atoms with Crippen LogP contribution in [0.2, 0.25) is 5.02 Å². The van der Waals surface area contributed by atoms with Crippen molar-refractivity contribution >= 4 is 35.0 Å². The zero-order chi connectivity index (χ0) is 18.8. The van der Waals surface area contributed by atoms with Crippen LogP contribution in [0.25, 0.3) is 0 Å². The fourth-order valence-electron chi connectivity index (χ4n) is 3.04. The third kappa shape index (κ3) is 3.35. The van der Waals surface area contributed by atoms with Crippen molar-refractivity contribution in [3.05, 3.63) is 64.2 Å². The van der Waals surface area contributed by atoms with E-state index in [0.717, 1.165) is 16.2 Å². The van der Waals surface area contributed by atoms with Gasteiger partial charge in [0.1, 0.15) is 0 Å². The number of imide groups is 1. The second kappa shape index (κ2) is 7.30. The first-order valence-electron chi connectivity index (χ1n) is 8.43. The molecule has 5 nitrogen and oxygen atoms in total. The predicted molar refractivity (Wildman–Crippen MR) is 101 cm³/mol. The lowest BCUT2D eigenvalue weighted by atomic mass is 10.0. The highest BCUT2D eigenvalue weighted by atomic mass is 35.5. The van der Waals surface area contributed by atoms with Crippen molar-refractivity contribution in [2.75, 3.05) is 11.9 Å². The van der Waals surface area contributed by atoms with Crippen LogP contribution in [0.5, 0.6) is 0 Å². The maximum Gasteiger partial charge on any atom is 0.263 e. The number of nitrogens with one attached hydrogen (secondary N) is 1. The zero-order valence-electron chi connectivity index (χ0n) is 14.6. The molecule has 0 saturated carbocycles. The van der Waals surface area contributed by atoms with Crippen LogP contribution in [0.15, 0.2) is 42.5 Å². The molecule has 26 heavy (non-hydrogen) atoms. The molecule has 0 saturated heterocycles. The van der Waals surface area contributed by atoms with Crippen molar-refractivity contribution in [1.82, 2.24) is 4.90 Å². The number of benzene rings is 2. The number of amides is 3. The van der Waals surface area contributed by atoms with Gasteiger partial charge in [-0.25, -0.2) is 0 Å². The molecule has 0 fully saturated rings. The molecular weight excluding hydrogens is 352 g/mol. The molecule has 0 aromatic heterocycles. The summed E-state index contributed by atoms with van der Waals surface area (Å²) in [5.41, 5.74) is 2.28. The molecule has 1 heterocycles. The number of nitrogens with zero attached hydrogens (tertiary/aromatic N) is 1. The van der Waals surface area contributed by atoms with E-state index < -0.39 is 11.8 Å². The molecule has 0 bridgehead atoms. The number of para-hydroxylation sites is 1. The molecule has 2 aromatic rings. The van der Waals surface area contributed by atoms with Gasteiger partial charge >= 0.3 is 0 Å². The number of hydrogen-bond donors (Lipinski definition) is 1. The Morgan fingerprint density at radius 1 is 1.08 bits per heavy atom. The second-order valence-electron chi connectivity index (χ2n) is 6.46. The van der Waals surface area contributed by atoms with Crippen LogP contribution in [-0.2, 0) is 4.79 Å². The Hall–Kier alpha value is -2.66. The summed E-state index contributed by atoms with van der Waals surface area (Å²) in [4.78, 5) is 38.2. The van der Waals surface area contributed by atoms with Gasteiger partial charge in [-0.15, -0.1) is 0 Å². The van der Waals surface area contributed by atoms with Gasteiger partial charge in [0.05, 0.1) is 16.1 Å². The van der Waals surface area contributed by atoms with Crippen LogP contribution in [0.4, 0.5) is 5.69 Å². The lowest BCUT2D eigenvalue weighted by molar-refractivity contribution is -0.116. The summed E-state index contributed by atoms with van der Waals surface area (Å²) in [6, 6.07) is 12.4. The van der Waals surface area contributed by atoms with E-state index in [0.29, 0.717) is 0 Å². The van der Waals surface area contributed by atoms with Crippen LogP contribution in [0.3, 0.4) is 0 Å². The molecule has 3 rings (SSSR count). The summed E-state index contributed by atoms with van der Waals surface area (Å²) < 4.78 is 0. The molecule has 3 amide bonds. The Balaban J connectivity index is 1.67. The largest absolute Gasteiger partial charge is 0.326 e. The third-order valence-electron chi connectivity index (χ3n) is 4.37. The van der Waals surface area contributed by atoms with Gasteiger partial charge in [0.2, 0.25) is 5.91 Å². The van der Waals surface area contributed by atoms with E-state index in [-0.39, 0.29) is 40.9 Å². The zero-order valence-corrected chi connectivity index (χ0v) is 15.3. The molecule has 1 aliphatic heterocycles. The molecule has 0 spiro atoms. The van der Waals surface area contributed by atoms with E-state index >= 15 is 0 Å². The number of hydrogen-bond acceptors (Lipinski definition) is 3. The van der Waals surface area contributed by atoms with Crippen molar-refractivity contribution in [2.24, 2.45) is 0 Å². The predicted octanol–water partition coefficient (Wildman–Crippen LogP) is 4.09. The minimum Gasteiger partial charge on any atom is -0.326 e. The highest BCUT2D eigenvalue weighted by Gasteiger charge is 2.37. The molecule has 134 valence electrons. The average Bonchev–Trinajstić information content (AvgIpc) is 2.85. The molecule has 1 N–H and O–H groups in total. The highest BCUT2D eigenvalue weighted by molar-refractivity contribution is 6.37. The lowest BCUT2D eigenvalue weighted by Crippen LogP contribution is -2.33. The van der Waals surface area contributed by atoms with Gasteiger partial charge in [0.25, 0.3) is 11.8 Å². The second-order valence-corrected chi connectivity index (χ2v) is 6.87. The van der Waals surface area contributed by atoms with Crippen molar-refractivity contribution < 1.29 is 14.4 Å². The van der Waals surface area contributed by atoms with Crippen molar-refractivity contribution in [2.45, 2.75) is 26.2 Å². The summed E-state index contributed by atoms with van der Waals surface area (Å²) in [6.07, 6.45) is 0.0233. The normalized spacial score (nSPS) is 13.3. The standard InChI is InChI=1S/C20H19ClN2O3/c1-12(2)13-6-3-4-9-16(13)22-17(24)10-11-23-19(25)14-7-5-8-15(21)18(14)20(23)26/h3-9,12H,10-11H2,1-2H3,(H,22,24). The van der Waals surface area contributed by atoms with Gasteiger partial charge in [0, 0.05) is 18.7 Å². The van der Waals surface area contributed by atoms with Gasteiger partial charge in [0.15, 0.2) is 0 Å². The molecule has 0 atom stereocenters. The molecule has 0 unspecified atom stereocenters. The quantitative estimate of drug-likeness (QED) is 0.806. The summed E-state index contributed by atoms with van der Waals surface area (Å²) in [6.45, 7) is 4.11. The van der Waals surface area contributed by atoms with E-state index in [9.17, 15) is 14.4 Å². The summed E-state index contributed by atoms with van der Waals surface area (Å²) in [5.74, 6) is -0.848. The third-order valence-corrected chi connectivity index (χ3v) is 4.68. The molecular formula is C20H19ClN2O3. The average molecular weight is 371 g/mol. The number of carbonyl (C=O) groups is 3. The number of carbonyl (C=O) groups excluding carboxylic acids is 3. The summed E-state index contributed by atoms with van der Waals surface area (Å²) in [7, 11) is 0. The van der Waals surface area contributed by atoms with Crippen LogP contribution >= 0.6 is 11.6 Å². The molecule has 6 heteroatoms. The van der Waals surface area contributed by atoms with E-state index in [2.05, 4.69) is 5.32 Å². The maximum atomic E-state index is 12.4. The van der Waals surface area contributed by atoms with E-state index in [4.69, 9.17) is 11.6 Å². The summed E-state index contributed by atoms with van der Waals surface area (Å²) >= 11 is 6.03. The lowest BCUT2D eigenvalue weighted by Gasteiger charge is -2.16. The number of anilines is 1. The first-order chi connectivity index (χ1) is 12.4. The highest BCUT2D eigenvalue weighted by Crippen LogP contribution is 2.29. The van der Waals surface area contributed by atoms with E-state index in [1.807, 2.05) is 38.1 Å². The van der Waals surface area contributed by atoms with Gasteiger partial charge in [-0.05, 0) is 29.7 Å². The number of fused-ring (bicyclic) bond motifs is 1. The smallest absolute Gasteiger partial charge is 0.263 e. The van der Waals surface area contributed by atoms with Crippen LogP contribution < -0.4 is 5.32 Å². The van der Waals surface area contributed by atoms with Crippen LogP contribution in [-0.4, -0.2) is 29.2 Å². The van der Waals surface area contributed by atoms with Gasteiger partial charge in [-0.3, -0.25) is 19.3 Å². The number of rotatable bonds is 5. The Labute approximate surface area is 156 Å². The first kappa shape index (κ1) is 18.1. The SMILES string of the molecule is CC(C)c1ccccc1NC(=O)CCN1C(=O)c2cccc(Cl)c2C1=O. The van der Waals surface area contributed by atoms with Crippen LogP contribution in [0, 0.1) is 0 Å². The summed E-state index contributed by atoms with van der Waals surface area (Å²) in [5, 5.41) is 3.11. The molecule has 2 aromatic carbocycles. The molecule has 1 aliphatic rings. The van der Waals surface area contributed by atoms with Crippen molar-refractivity contribution in [3.63, 3.8) is 0 Å². The Kier molecular flexibility index (Phi) is 5.09.